The molecule has 0 bridgehead atoms. The van der Waals surface area contributed by atoms with E-state index in [1.54, 1.807) is 4.90 Å². The van der Waals surface area contributed by atoms with Gasteiger partial charge in [0, 0.05) is 18.2 Å². The molecule has 0 saturated carbocycles. The normalized spacial score (nSPS) is 18.0. The number of hydrogen-bond acceptors (Lipinski definition) is 4. The number of ether oxygens (including phenoxy) is 1. The van der Waals surface area contributed by atoms with E-state index in [9.17, 15) is 13.2 Å². The molecule has 1 fully saturated rings. The fourth-order valence-electron chi connectivity index (χ4n) is 3.30. The molecule has 0 unspecified atom stereocenters. The summed E-state index contributed by atoms with van der Waals surface area (Å²) in [5.74, 6) is 0.0729. The Balaban J connectivity index is 1.94. The molecule has 1 saturated heterocycles. The second-order valence-electron chi connectivity index (χ2n) is 6.68. The van der Waals surface area contributed by atoms with Crippen molar-refractivity contribution in [3.8, 4) is 5.75 Å². The molecule has 28 heavy (non-hydrogen) atoms. The maximum absolute atomic E-state index is 13.3. The molecular formula is C20H21Cl2NO4S. The number of carbonyl (C=O) groups excluding carboxylic acids is 1. The van der Waals surface area contributed by atoms with Crippen molar-refractivity contribution in [3.63, 3.8) is 0 Å². The molecule has 0 N–H and O–H groups in total. The monoisotopic (exact) mass is 441 g/mol. The first kappa shape index (κ1) is 21.0. The summed E-state index contributed by atoms with van der Waals surface area (Å²) in [7, 11) is -3.14. The highest BCUT2D eigenvalue weighted by atomic mass is 35.5. The van der Waals surface area contributed by atoms with Crippen LogP contribution in [-0.2, 0) is 16.4 Å². The molecule has 5 nitrogen and oxygen atoms in total. The van der Waals surface area contributed by atoms with Crippen molar-refractivity contribution >= 4 is 38.9 Å². The van der Waals surface area contributed by atoms with Crippen molar-refractivity contribution in [2.75, 3.05) is 18.1 Å². The van der Waals surface area contributed by atoms with Crippen molar-refractivity contribution in [2.24, 2.45) is 0 Å². The number of halogens is 2. The van der Waals surface area contributed by atoms with E-state index in [0.717, 1.165) is 5.56 Å². The lowest BCUT2D eigenvalue weighted by atomic mass is 10.1. The predicted molar refractivity (Wildman–Crippen MR) is 111 cm³/mol. The van der Waals surface area contributed by atoms with Crippen molar-refractivity contribution in [3.05, 3.63) is 63.6 Å². The van der Waals surface area contributed by atoms with Gasteiger partial charge >= 0.3 is 0 Å². The fraction of sp³-hybridized carbons (Fsp3) is 0.350. The summed E-state index contributed by atoms with van der Waals surface area (Å²) < 4.78 is 29.4. The number of amides is 1. The molecule has 0 aromatic heterocycles. The van der Waals surface area contributed by atoms with E-state index in [0.29, 0.717) is 30.9 Å². The third-order valence-corrected chi connectivity index (χ3v) is 6.95. The van der Waals surface area contributed by atoms with E-state index in [1.807, 2.05) is 37.3 Å². The minimum absolute atomic E-state index is 0.0376. The van der Waals surface area contributed by atoms with Gasteiger partial charge in [-0.05, 0) is 31.0 Å². The highest BCUT2D eigenvalue weighted by Gasteiger charge is 2.35. The molecule has 1 amide bonds. The zero-order valence-corrected chi connectivity index (χ0v) is 17.7. The van der Waals surface area contributed by atoms with Gasteiger partial charge in [0.2, 0.25) is 0 Å². The Morgan fingerprint density at radius 1 is 1.18 bits per heavy atom. The maximum Gasteiger partial charge on any atom is 0.254 e. The maximum atomic E-state index is 13.3. The second-order valence-corrected chi connectivity index (χ2v) is 9.72. The summed E-state index contributed by atoms with van der Waals surface area (Å²) in [6.45, 7) is 2.52. The SMILES string of the molecule is CCOc1c(Cl)cc(C(=O)N(Cc2ccccc2)[C@@H]2CCS(=O)(=O)C2)cc1Cl. The van der Waals surface area contributed by atoms with E-state index in [2.05, 4.69) is 0 Å². The summed E-state index contributed by atoms with van der Waals surface area (Å²) in [6.07, 6.45) is 0.416. The van der Waals surface area contributed by atoms with Gasteiger partial charge in [-0.25, -0.2) is 8.42 Å². The fourth-order valence-corrected chi connectivity index (χ4v) is 5.63. The van der Waals surface area contributed by atoms with Gasteiger partial charge in [-0.15, -0.1) is 0 Å². The number of nitrogens with zero attached hydrogens (tertiary/aromatic N) is 1. The van der Waals surface area contributed by atoms with E-state index < -0.39 is 9.84 Å². The lowest BCUT2D eigenvalue weighted by Crippen LogP contribution is -2.40. The zero-order valence-electron chi connectivity index (χ0n) is 15.4. The molecule has 0 spiro atoms. The third kappa shape index (κ3) is 4.80. The summed E-state index contributed by atoms with van der Waals surface area (Å²) in [5.41, 5.74) is 1.22. The molecular weight excluding hydrogens is 421 g/mol. The van der Waals surface area contributed by atoms with E-state index in [4.69, 9.17) is 27.9 Å². The van der Waals surface area contributed by atoms with Crippen LogP contribution in [0, 0.1) is 0 Å². The molecule has 0 radical (unpaired) electrons. The first-order valence-corrected chi connectivity index (χ1v) is 11.6. The minimum Gasteiger partial charge on any atom is -0.491 e. The number of rotatable bonds is 6. The molecule has 0 aliphatic carbocycles. The van der Waals surface area contributed by atoms with Crippen LogP contribution in [0.15, 0.2) is 42.5 Å². The summed E-state index contributed by atoms with van der Waals surface area (Å²) >= 11 is 12.5. The smallest absolute Gasteiger partial charge is 0.254 e. The van der Waals surface area contributed by atoms with Crippen LogP contribution in [0.1, 0.15) is 29.3 Å². The van der Waals surface area contributed by atoms with Crippen LogP contribution in [0.4, 0.5) is 0 Å². The Labute approximate surface area is 175 Å². The van der Waals surface area contributed by atoms with Crippen LogP contribution in [0.2, 0.25) is 10.0 Å². The van der Waals surface area contributed by atoms with Gasteiger partial charge in [-0.2, -0.15) is 0 Å². The van der Waals surface area contributed by atoms with Crippen molar-refractivity contribution in [1.82, 2.24) is 4.90 Å². The lowest BCUT2D eigenvalue weighted by Gasteiger charge is -2.29. The highest BCUT2D eigenvalue weighted by Crippen LogP contribution is 2.35. The molecule has 1 atom stereocenters. The summed E-state index contributed by atoms with van der Waals surface area (Å²) in [5, 5.41) is 0.493. The van der Waals surface area contributed by atoms with Gasteiger partial charge in [0.05, 0.1) is 28.2 Å². The molecule has 1 aliphatic rings. The molecule has 1 aliphatic heterocycles. The average molecular weight is 442 g/mol. The standard InChI is InChI=1S/C20H21Cl2NO4S/c1-2-27-19-17(21)10-15(11-18(19)22)20(24)23(12-14-6-4-3-5-7-14)16-8-9-28(25,26)13-16/h3-7,10-11,16H,2,8-9,12-13H2,1H3/t16-/m1/s1. The Morgan fingerprint density at radius 2 is 1.82 bits per heavy atom. The third-order valence-electron chi connectivity index (χ3n) is 4.64. The Kier molecular flexibility index (Phi) is 6.53. The zero-order chi connectivity index (χ0) is 20.3. The van der Waals surface area contributed by atoms with Gasteiger partial charge in [0.15, 0.2) is 15.6 Å². The topological polar surface area (TPSA) is 63.7 Å². The predicted octanol–water partition coefficient (Wildman–Crippen LogP) is 4.22. The van der Waals surface area contributed by atoms with Crippen molar-refractivity contribution < 1.29 is 17.9 Å². The summed E-state index contributed by atoms with van der Waals surface area (Å²) in [6, 6.07) is 12.1. The number of benzene rings is 2. The number of carbonyl (C=O) groups is 1. The first-order chi connectivity index (χ1) is 13.3. The largest absolute Gasteiger partial charge is 0.491 e. The van der Waals surface area contributed by atoms with Gasteiger partial charge in [0.25, 0.3) is 5.91 Å². The quantitative estimate of drug-likeness (QED) is 0.672. The Morgan fingerprint density at radius 3 is 2.36 bits per heavy atom. The van der Waals surface area contributed by atoms with E-state index in [1.165, 1.54) is 12.1 Å². The van der Waals surface area contributed by atoms with Gasteiger partial charge < -0.3 is 9.64 Å². The van der Waals surface area contributed by atoms with Crippen LogP contribution in [0.3, 0.4) is 0 Å². The number of sulfone groups is 1. The van der Waals surface area contributed by atoms with E-state index in [-0.39, 0.29) is 33.5 Å². The average Bonchev–Trinajstić information content (AvgIpc) is 3.02. The molecule has 2 aromatic rings. The molecule has 8 heteroatoms. The van der Waals surface area contributed by atoms with Crippen molar-refractivity contribution in [1.29, 1.82) is 0 Å². The number of hydrogen-bond donors (Lipinski definition) is 0. The van der Waals surface area contributed by atoms with Crippen LogP contribution < -0.4 is 4.74 Å². The summed E-state index contributed by atoms with van der Waals surface area (Å²) in [4.78, 5) is 14.9. The van der Waals surface area contributed by atoms with Crippen LogP contribution in [-0.4, -0.2) is 43.4 Å². The minimum atomic E-state index is -3.14. The Hall–Kier alpha value is -1.76. The van der Waals surface area contributed by atoms with Gasteiger partial charge in [0.1, 0.15) is 0 Å². The molecule has 3 rings (SSSR count). The van der Waals surface area contributed by atoms with E-state index >= 15 is 0 Å². The molecule has 1 heterocycles. The van der Waals surface area contributed by atoms with Crippen LogP contribution in [0.5, 0.6) is 5.75 Å². The van der Waals surface area contributed by atoms with Crippen molar-refractivity contribution in [2.45, 2.75) is 25.9 Å². The Bertz CT molecular complexity index is 940. The lowest BCUT2D eigenvalue weighted by molar-refractivity contribution is 0.0681. The van der Waals surface area contributed by atoms with Gasteiger partial charge in [-0.3, -0.25) is 4.79 Å². The first-order valence-electron chi connectivity index (χ1n) is 8.98. The second kappa shape index (κ2) is 8.72. The van der Waals surface area contributed by atoms with Gasteiger partial charge in [-0.1, -0.05) is 53.5 Å². The van der Waals surface area contributed by atoms with Crippen LogP contribution in [0.25, 0.3) is 0 Å². The highest BCUT2D eigenvalue weighted by molar-refractivity contribution is 7.91. The van der Waals surface area contributed by atoms with Crippen LogP contribution >= 0.6 is 23.2 Å². The molecule has 150 valence electrons. The molecule has 2 aromatic carbocycles.